The second-order valence-corrected chi connectivity index (χ2v) is 5.18. The third kappa shape index (κ3) is 2.42. The minimum atomic E-state index is 0.0659. The highest BCUT2D eigenvalue weighted by atomic mass is 16.5. The van der Waals surface area contributed by atoms with E-state index in [2.05, 4.69) is 5.32 Å². The van der Waals surface area contributed by atoms with Crippen molar-refractivity contribution >= 4 is 17.3 Å². The zero-order chi connectivity index (χ0) is 12.5. The van der Waals surface area contributed by atoms with Crippen molar-refractivity contribution in [2.75, 3.05) is 17.7 Å². The van der Waals surface area contributed by atoms with Crippen LogP contribution in [0.1, 0.15) is 31.2 Å². The minimum Gasteiger partial charge on any atom is -0.491 e. The molecule has 1 aromatic carbocycles. The van der Waals surface area contributed by atoms with Crippen LogP contribution in [-0.4, -0.2) is 12.5 Å². The van der Waals surface area contributed by atoms with E-state index in [1.165, 1.54) is 12.8 Å². The lowest BCUT2D eigenvalue weighted by Crippen LogP contribution is -2.19. The lowest BCUT2D eigenvalue weighted by Gasteiger charge is -2.19. The molecule has 0 atom stereocenters. The predicted molar refractivity (Wildman–Crippen MR) is 70.6 cm³/mol. The number of hydrogen-bond acceptors (Lipinski definition) is 3. The first-order valence-corrected chi connectivity index (χ1v) is 6.57. The Morgan fingerprint density at radius 1 is 1.33 bits per heavy atom. The molecule has 0 saturated heterocycles. The molecule has 18 heavy (non-hydrogen) atoms. The number of carbonyl (C=O) groups is 1. The molecular weight excluding hydrogens is 228 g/mol. The van der Waals surface area contributed by atoms with Crippen molar-refractivity contribution in [1.29, 1.82) is 0 Å². The van der Waals surface area contributed by atoms with E-state index < -0.39 is 0 Å². The molecule has 1 heterocycles. The molecule has 1 amide bonds. The Morgan fingerprint density at radius 3 is 2.94 bits per heavy atom. The van der Waals surface area contributed by atoms with Gasteiger partial charge in [-0.05, 0) is 30.4 Å². The standard InChI is InChI=1S/C14H18N2O2/c15-11-7-10-3-4-14(17)16-12(10)8-13(11)18-6-5-9-1-2-9/h7-9H,1-6,15H2,(H,16,17). The third-order valence-electron chi connectivity index (χ3n) is 3.61. The number of amides is 1. The molecule has 4 nitrogen and oxygen atoms in total. The van der Waals surface area contributed by atoms with E-state index in [0.717, 1.165) is 30.0 Å². The molecular formula is C14H18N2O2. The number of anilines is 2. The maximum atomic E-state index is 11.4. The molecule has 0 unspecified atom stereocenters. The molecule has 96 valence electrons. The summed E-state index contributed by atoms with van der Waals surface area (Å²) < 4.78 is 5.71. The van der Waals surface area contributed by atoms with E-state index in [-0.39, 0.29) is 5.91 Å². The zero-order valence-electron chi connectivity index (χ0n) is 10.4. The topological polar surface area (TPSA) is 64.3 Å². The van der Waals surface area contributed by atoms with Gasteiger partial charge in [-0.1, -0.05) is 12.8 Å². The van der Waals surface area contributed by atoms with Gasteiger partial charge in [0.15, 0.2) is 0 Å². The van der Waals surface area contributed by atoms with Crippen LogP contribution in [0.15, 0.2) is 12.1 Å². The lowest BCUT2D eigenvalue weighted by atomic mass is 10.0. The number of nitrogens with one attached hydrogen (secondary N) is 1. The molecule has 2 aliphatic rings. The van der Waals surface area contributed by atoms with Crippen LogP contribution in [0.2, 0.25) is 0 Å². The van der Waals surface area contributed by atoms with Gasteiger partial charge in [-0.25, -0.2) is 0 Å². The lowest BCUT2D eigenvalue weighted by molar-refractivity contribution is -0.116. The molecule has 1 saturated carbocycles. The van der Waals surface area contributed by atoms with Crippen LogP contribution in [0.5, 0.6) is 5.75 Å². The van der Waals surface area contributed by atoms with Gasteiger partial charge in [-0.3, -0.25) is 4.79 Å². The van der Waals surface area contributed by atoms with Gasteiger partial charge < -0.3 is 15.8 Å². The van der Waals surface area contributed by atoms with Gasteiger partial charge in [0.2, 0.25) is 5.91 Å². The van der Waals surface area contributed by atoms with Gasteiger partial charge in [0.05, 0.1) is 12.3 Å². The number of hydrogen-bond donors (Lipinski definition) is 2. The average Bonchev–Trinajstić information content (AvgIpc) is 3.14. The summed E-state index contributed by atoms with van der Waals surface area (Å²) in [6.07, 6.45) is 5.06. The number of benzene rings is 1. The summed E-state index contributed by atoms with van der Waals surface area (Å²) in [6, 6.07) is 3.77. The van der Waals surface area contributed by atoms with Gasteiger partial charge in [0, 0.05) is 18.2 Å². The van der Waals surface area contributed by atoms with E-state index in [0.29, 0.717) is 24.5 Å². The summed E-state index contributed by atoms with van der Waals surface area (Å²) in [5.41, 5.74) is 8.59. The highest BCUT2D eigenvalue weighted by Gasteiger charge is 2.21. The molecule has 4 heteroatoms. The number of rotatable bonds is 4. The zero-order valence-corrected chi connectivity index (χ0v) is 10.4. The van der Waals surface area contributed by atoms with Crippen molar-refractivity contribution in [1.82, 2.24) is 0 Å². The Morgan fingerprint density at radius 2 is 2.17 bits per heavy atom. The second-order valence-electron chi connectivity index (χ2n) is 5.18. The first-order valence-electron chi connectivity index (χ1n) is 6.57. The van der Waals surface area contributed by atoms with Crippen LogP contribution in [0, 0.1) is 5.92 Å². The maximum absolute atomic E-state index is 11.4. The number of nitrogens with two attached hydrogens (primary N) is 1. The number of nitrogen functional groups attached to an aromatic ring is 1. The smallest absolute Gasteiger partial charge is 0.224 e. The highest BCUT2D eigenvalue weighted by Crippen LogP contribution is 2.35. The van der Waals surface area contributed by atoms with Gasteiger partial charge in [-0.2, -0.15) is 0 Å². The van der Waals surface area contributed by atoms with Crippen LogP contribution in [-0.2, 0) is 11.2 Å². The largest absolute Gasteiger partial charge is 0.491 e. The van der Waals surface area contributed by atoms with E-state index >= 15 is 0 Å². The normalized spacial score (nSPS) is 18.1. The Labute approximate surface area is 107 Å². The number of carbonyl (C=O) groups excluding carboxylic acids is 1. The van der Waals surface area contributed by atoms with Gasteiger partial charge in [-0.15, -0.1) is 0 Å². The fourth-order valence-corrected chi connectivity index (χ4v) is 2.29. The van der Waals surface area contributed by atoms with Gasteiger partial charge in [0.25, 0.3) is 0 Å². The van der Waals surface area contributed by atoms with Gasteiger partial charge >= 0.3 is 0 Å². The molecule has 1 aliphatic heterocycles. The van der Waals surface area contributed by atoms with Crippen LogP contribution < -0.4 is 15.8 Å². The van der Waals surface area contributed by atoms with E-state index in [1.807, 2.05) is 12.1 Å². The van der Waals surface area contributed by atoms with Crippen molar-refractivity contribution in [2.24, 2.45) is 5.92 Å². The van der Waals surface area contributed by atoms with Crippen LogP contribution in [0.3, 0.4) is 0 Å². The highest BCUT2D eigenvalue weighted by molar-refractivity contribution is 5.94. The Bertz CT molecular complexity index is 481. The third-order valence-corrected chi connectivity index (χ3v) is 3.61. The summed E-state index contributed by atoms with van der Waals surface area (Å²) in [7, 11) is 0. The van der Waals surface area contributed by atoms with Gasteiger partial charge in [0.1, 0.15) is 5.75 Å². The van der Waals surface area contributed by atoms with Crippen molar-refractivity contribution in [3.63, 3.8) is 0 Å². The molecule has 3 rings (SSSR count). The van der Waals surface area contributed by atoms with E-state index in [4.69, 9.17) is 10.5 Å². The Hall–Kier alpha value is -1.71. The molecule has 0 aromatic heterocycles. The average molecular weight is 246 g/mol. The fraction of sp³-hybridized carbons (Fsp3) is 0.500. The molecule has 0 radical (unpaired) electrons. The van der Waals surface area contributed by atoms with E-state index in [9.17, 15) is 4.79 Å². The molecule has 1 aromatic rings. The SMILES string of the molecule is Nc1cc2c(cc1OCCC1CC1)NC(=O)CC2. The van der Waals surface area contributed by atoms with Crippen LogP contribution in [0.4, 0.5) is 11.4 Å². The Balaban J connectivity index is 1.72. The maximum Gasteiger partial charge on any atom is 0.224 e. The molecule has 0 spiro atoms. The molecule has 0 bridgehead atoms. The summed E-state index contributed by atoms with van der Waals surface area (Å²) in [6.45, 7) is 0.710. The number of aryl methyl sites for hydroxylation is 1. The van der Waals surface area contributed by atoms with Crippen LogP contribution >= 0.6 is 0 Å². The summed E-state index contributed by atoms with van der Waals surface area (Å²) in [5.74, 6) is 1.61. The summed E-state index contributed by atoms with van der Waals surface area (Å²) in [5, 5.41) is 2.86. The first kappa shape index (κ1) is 11.4. The van der Waals surface area contributed by atoms with Crippen molar-refractivity contribution in [3.05, 3.63) is 17.7 Å². The Kier molecular flexibility index (Phi) is 2.86. The van der Waals surface area contributed by atoms with Crippen molar-refractivity contribution < 1.29 is 9.53 Å². The van der Waals surface area contributed by atoms with Crippen molar-refractivity contribution in [2.45, 2.75) is 32.1 Å². The van der Waals surface area contributed by atoms with Crippen molar-refractivity contribution in [3.8, 4) is 5.75 Å². The minimum absolute atomic E-state index is 0.0659. The van der Waals surface area contributed by atoms with E-state index in [1.54, 1.807) is 0 Å². The molecule has 3 N–H and O–H groups in total. The quantitative estimate of drug-likeness (QED) is 0.801. The molecule has 1 fully saturated rings. The summed E-state index contributed by atoms with van der Waals surface area (Å²) >= 11 is 0. The second kappa shape index (κ2) is 4.52. The number of ether oxygens (including phenoxy) is 1. The van der Waals surface area contributed by atoms with Crippen LogP contribution in [0.25, 0.3) is 0 Å². The predicted octanol–water partition coefficient (Wildman–Crippen LogP) is 2.33. The summed E-state index contributed by atoms with van der Waals surface area (Å²) in [4.78, 5) is 11.4. The molecule has 1 aliphatic carbocycles. The fourth-order valence-electron chi connectivity index (χ4n) is 2.29. The number of fused-ring (bicyclic) bond motifs is 1. The monoisotopic (exact) mass is 246 g/mol. The first-order chi connectivity index (χ1) is 8.72.